The summed E-state index contributed by atoms with van der Waals surface area (Å²) in [5, 5.41) is 1.67. The van der Waals surface area contributed by atoms with Gasteiger partial charge in [-0.1, -0.05) is 20.3 Å². The Morgan fingerprint density at radius 2 is 2.12 bits per heavy atom. The third kappa shape index (κ3) is 3.68. The first-order valence-electron chi connectivity index (χ1n) is 5.69. The molecule has 0 aliphatic heterocycles. The first-order valence-corrected chi connectivity index (χ1v) is 8.55. The second-order valence-electron chi connectivity index (χ2n) is 3.73. The molecule has 1 rings (SSSR count). The highest BCUT2D eigenvalue weighted by Crippen LogP contribution is 2.23. The topological polar surface area (TPSA) is 37.4 Å². The molecule has 0 saturated heterocycles. The summed E-state index contributed by atoms with van der Waals surface area (Å²) < 4.78 is 26.1. The summed E-state index contributed by atoms with van der Waals surface area (Å²) in [4.78, 5) is 1.26. The van der Waals surface area contributed by atoms with E-state index in [0.29, 0.717) is 23.9 Å². The van der Waals surface area contributed by atoms with Crippen LogP contribution in [0.1, 0.15) is 31.6 Å². The predicted molar refractivity (Wildman–Crippen MR) is 73.2 cm³/mol. The molecule has 0 aromatic carbocycles. The molecule has 0 aliphatic rings. The van der Waals surface area contributed by atoms with Crippen LogP contribution < -0.4 is 0 Å². The van der Waals surface area contributed by atoms with Gasteiger partial charge >= 0.3 is 0 Å². The van der Waals surface area contributed by atoms with Gasteiger partial charge in [-0.25, -0.2) is 8.42 Å². The van der Waals surface area contributed by atoms with Crippen molar-refractivity contribution in [3.8, 4) is 0 Å². The standard InChI is InChI=1S/C11H18ClNO2S2/c1-3-5-6-13(4-2)17(14,15)11-7-10(8-12)16-9-11/h7,9H,3-6,8H2,1-2H3. The van der Waals surface area contributed by atoms with Gasteiger partial charge in [-0.3, -0.25) is 0 Å². The van der Waals surface area contributed by atoms with Gasteiger partial charge < -0.3 is 0 Å². The van der Waals surface area contributed by atoms with Crippen LogP contribution in [0.25, 0.3) is 0 Å². The second kappa shape index (κ2) is 6.73. The molecule has 0 atom stereocenters. The molecule has 0 radical (unpaired) electrons. The number of rotatable bonds is 7. The summed E-state index contributed by atoms with van der Waals surface area (Å²) >= 11 is 7.08. The van der Waals surface area contributed by atoms with Crippen molar-refractivity contribution in [1.82, 2.24) is 4.31 Å². The van der Waals surface area contributed by atoms with Crippen LogP contribution in [0.15, 0.2) is 16.3 Å². The molecule has 1 heterocycles. The number of hydrogen-bond acceptors (Lipinski definition) is 3. The van der Waals surface area contributed by atoms with Crippen molar-refractivity contribution in [2.24, 2.45) is 0 Å². The molecule has 0 unspecified atom stereocenters. The van der Waals surface area contributed by atoms with Gasteiger partial charge in [-0.05, 0) is 12.5 Å². The summed E-state index contributed by atoms with van der Waals surface area (Å²) in [6.45, 7) is 5.01. The van der Waals surface area contributed by atoms with Crippen LogP contribution in [0.5, 0.6) is 0 Å². The largest absolute Gasteiger partial charge is 0.243 e. The van der Waals surface area contributed by atoms with Gasteiger partial charge in [0.25, 0.3) is 0 Å². The molecular weight excluding hydrogens is 278 g/mol. The van der Waals surface area contributed by atoms with E-state index in [-0.39, 0.29) is 0 Å². The van der Waals surface area contributed by atoms with E-state index in [2.05, 4.69) is 6.92 Å². The first kappa shape index (κ1) is 15.0. The minimum Gasteiger partial charge on any atom is -0.207 e. The van der Waals surface area contributed by atoms with Crippen molar-refractivity contribution >= 4 is 33.0 Å². The molecule has 17 heavy (non-hydrogen) atoms. The van der Waals surface area contributed by atoms with Gasteiger partial charge in [0.2, 0.25) is 10.0 Å². The molecule has 0 N–H and O–H groups in total. The Bertz CT molecular complexity index is 442. The normalized spacial score (nSPS) is 12.2. The zero-order chi connectivity index (χ0) is 12.9. The molecule has 0 aliphatic carbocycles. The highest BCUT2D eigenvalue weighted by Gasteiger charge is 2.23. The van der Waals surface area contributed by atoms with Crippen LogP contribution >= 0.6 is 22.9 Å². The number of sulfonamides is 1. The molecule has 0 bridgehead atoms. The van der Waals surface area contributed by atoms with Crippen molar-refractivity contribution in [2.75, 3.05) is 13.1 Å². The number of alkyl halides is 1. The zero-order valence-corrected chi connectivity index (χ0v) is 12.5. The van der Waals surface area contributed by atoms with Crippen molar-refractivity contribution < 1.29 is 8.42 Å². The van der Waals surface area contributed by atoms with Crippen molar-refractivity contribution in [3.63, 3.8) is 0 Å². The number of halogens is 1. The Hall–Kier alpha value is -0.100. The smallest absolute Gasteiger partial charge is 0.207 e. The maximum absolute atomic E-state index is 12.3. The highest BCUT2D eigenvalue weighted by atomic mass is 35.5. The minimum absolute atomic E-state index is 0.362. The number of unbranched alkanes of at least 4 members (excludes halogenated alkanes) is 1. The lowest BCUT2D eigenvalue weighted by Crippen LogP contribution is -2.31. The Labute approximate surface area is 112 Å². The summed E-state index contributed by atoms with van der Waals surface area (Å²) in [6.07, 6.45) is 1.88. The number of hydrogen-bond donors (Lipinski definition) is 0. The van der Waals surface area contributed by atoms with E-state index in [1.165, 1.54) is 15.6 Å². The molecule has 0 saturated carbocycles. The van der Waals surface area contributed by atoms with Crippen molar-refractivity contribution in [1.29, 1.82) is 0 Å². The summed E-state index contributed by atoms with van der Waals surface area (Å²) in [5.41, 5.74) is 0. The lowest BCUT2D eigenvalue weighted by Gasteiger charge is -2.19. The lowest BCUT2D eigenvalue weighted by atomic mass is 10.3. The Kier molecular flexibility index (Phi) is 5.92. The van der Waals surface area contributed by atoms with Gasteiger partial charge in [-0.2, -0.15) is 4.31 Å². The molecule has 0 fully saturated rings. The van der Waals surface area contributed by atoms with Crippen LogP contribution in [0.2, 0.25) is 0 Å². The third-order valence-corrected chi connectivity index (χ3v) is 6.00. The lowest BCUT2D eigenvalue weighted by molar-refractivity contribution is 0.419. The average Bonchev–Trinajstić information content (AvgIpc) is 2.79. The fourth-order valence-electron chi connectivity index (χ4n) is 1.50. The Morgan fingerprint density at radius 1 is 1.41 bits per heavy atom. The van der Waals surface area contributed by atoms with Gasteiger partial charge in [0, 0.05) is 23.3 Å². The molecule has 0 amide bonds. The van der Waals surface area contributed by atoms with E-state index in [9.17, 15) is 8.42 Å². The summed E-state index contributed by atoms with van der Waals surface area (Å²) in [5.74, 6) is 0.362. The average molecular weight is 296 g/mol. The van der Waals surface area contributed by atoms with Crippen LogP contribution in [0.4, 0.5) is 0 Å². The maximum Gasteiger partial charge on any atom is 0.243 e. The monoisotopic (exact) mass is 295 g/mol. The highest BCUT2D eigenvalue weighted by molar-refractivity contribution is 7.89. The summed E-state index contributed by atoms with van der Waals surface area (Å²) in [6, 6.07) is 1.67. The SMILES string of the molecule is CCCCN(CC)S(=O)(=O)c1csc(CCl)c1. The molecule has 0 spiro atoms. The van der Waals surface area contributed by atoms with Crippen LogP contribution in [-0.2, 0) is 15.9 Å². The van der Waals surface area contributed by atoms with Gasteiger partial charge in [0.15, 0.2) is 0 Å². The quantitative estimate of drug-likeness (QED) is 0.724. The number of nitrogens with zero attached hydrogens (tertiary/aromatic N) is 1. The van der Waals surface area contributed by atoms with Crippen molar-refractivity contribution in [3.05, 3.63) is 16.3 Å². The third-order valence-electron chi connectivity index (χ3n) is 2.51. The fraction of sp³-hybridized carbons (Fsp3) is 0.636. The second-order valence-corrected chi connectivity index (χ2v) is 6.93. The van der Waals surface area contributed by atoms with Gasteiger partial charge in [-0.15, -0.1) is 22.9 Å². The number of thiophene rings is 1. The molecule has 3 nitrogen and oxygen atoms in total. The molecule has 1 aromatic heterocycles. The van der Waals surface area contributed by atoms with Crippen LogP contribution in [0.3, 0.4) is 0 Å². The van der Waals surface area contributed by atoms with E-state index in [0.717, 1.165) is 17.7 Å². The summed E-state index contributed by atoms with van der Waals surface area (Å²) in [7, 11) is -3.33. The maximum atomic E-state index is 12.3. The van der Waals surface area contributed by atoms with Gasteiger partial charge in [0.1, 0.15) is 0 Å². The predicted octanol–water partition coefficient (Wildman–Crippen LogP) is 3.30. The van der Waals surface area contributed by atoms with E-state index in [1.807, 2.05) is 6.92 Å². The first-order chi connectivity index (χ1) is 8.06. The van der Waals surface area contributed by atoms with E-state index in [4.69, 9.17) is 11.6 Å². The zero-order valence-electron chi connectivity index (χ0n) is 10.1. The van der Waals surface area contributed by atoms with Crippen LogP contribution in [-0.4, -0.2) is 25.8 Å². The van der Waals surface area contributed by atoms with E-state index < -0.39 is 10.0 Å². The Morgan fingerprint density at radius 3 is 2.59 bits per heavy atom. The van der Waals surface area contributed by atoms with Crippen LogP contribution in [0, 0.1) is 0 Å². The van der Waals surface area contributed by atoms with E-state index in [1.54, 1.807) is 11.4 Å². The van der Waals surface area contributed by atoms with Crippen molar-refractivity contribution in [2.45, 2.75) is 37.5 Å². The fourth-order valence-corrected chi connectivity index (χ4v) is 4.36. The molecule has 1 aromatic rings. The minimum atomic E-state index is -3.33. The van der Waals surface area contributed by atoms with E-state index >= 15 is 0 Å². The molecular formula is C11H18ClNO2S2. The van der Waals surface area contributed by atoms with Gasteiger partial charge in [0.05, 0.1) is 10.8 Å². The molecule has 6 heteroatoms. The Balaban J connectivity index is 2.91. The molecule has 98 valence electrons.